The van der Waals surface area contributed by atoms with E-state index < -0.39 is 0 Å². The maximum atomic E-state index is 11.2. The molecule has 0 aliphatic carbocycles. The molecular weight excluding hydrogens is 160 g/mol. The number of carbonyl (C=O) groups excluding carboxylic acids is 1. The Morgan fingerprint density at radius 2 is 2.64 bits per heavy atom. The van der Waals surface area contributed by atoms with Gasteiger partial charge in [0.15, 0.2) is 5.78 Å². The monoisotopic (exact) mass is 170 g/mol. The van der Waals surface area contributed by atoms with Crippen LogP contribution >= 0.6 is 11.5 Å². The van der Waals surface area contributed by atoms with E-state index in [2.05, 4.69) is 9.69 Å². The summed E-state index contributed by atoms with van der Waals surface area (Å²) in [6.07, 6.45) is 2.20. The number of rotatable bonds is 4. The smallest absolute Gasteiger partial charge is 0.175 e. The zero-order valence-electron chi connectivity index (χ0n) is 6.33. The van der Waals surface area contributed by atoms with Crippen molar-refractivity contribution in [1.82, 2.24) is 9.69 Å². The summed E-state index contributed by atoms with van der Waals surface area (Å²) in [5, 5.41) is 2.92. The molecule has 0 saturated carbocycles. The first-order valence-corrected chi connectivity index (χ1v) is 4.20. The quantitative estimate of drug-likeness (QED) is 0.684. The summed E-state index contributed by atoms with van der Waals surface area (Å²) in [4.78, 5) is 11.9. The molecule has 0 aliphatic heterocycles. The van der Waals surface area contributed by atoms with Crippen LogP contribution in [0.4, 0.5) is 0 Å². The minimum absolute atomic E-state index is 0.168. The highest BCUT2D eigenvalue weighted by Crippen LogP contribution is 2.06. The van der Waals surface area contributed by atoms with Crippen molar-refractivity contribution in [3.63, 3.8) is 0 Å². The fraction of sp³-hybridized carbons (Fsp3) is 0.429. The Bertz CT molecular complexity index is 220. The van der Waals surface area contributed by atoms with Crippen molar-refractivity contribution in [2.75, 3.05) is 13.6 Å². The first-order chi connectivity index (χ1) is 5.34. The average molecular weight is 170 g/mol. The minimum atomic E-state index is 0.168. The number of ketones is 1. The van der Waals surface area contributed by atoms with Gasteiger partial charge in [-0.2, -0.15) is 0 Å². The molecule has 1 aromatic rings. The van der Waals surface area contributed by atoms with Gasteiger partial charge in [-0.25, -0.2) is 4.37 Å². The van der Waals surface area contributed by atoms with Crippen molar-refractivity contribution in [1.29, 1.82) is 0 Å². The van der Waals surface area contributed by atoms with E-state index in [0.29, 0.717) is 6.42 Å². The van der Waals surface area contributed by atoms with E-state index in [4.69, 9.17) is 0 Å². The number of nitrogens with one attached hydrogen (secondary N) is 1. The molecule has 1 rings (SSSR count). The SMILES string of the molecule is CNCCC(=O)c1ccns1. The van der Waals surface area contributed by atoms with Crippen LogP contribution in [0.2, 0.25) is 0 Å². The lowest BCUT2D eigenvalue weighted by Crippen LogP contribution is -2.12. The van der Waals surface area contributed by atoms with E-state index in [1.54, 1.807) is 12.3 Å². The third-order valence-corrected chi connectivity index (χ3v) is 2.10. The Balaban J connectivity index is 2.43. The van der Waals surface area contributed by atoms with E-state index in [1.807, 2.05) is 7.05 Å². The van der Waals surface area contributed by atoms with Crippen LogP contribution in [0.1, 0.15) is 16.1 Å². The van der Waals surface area contributed by atoms with Gasteiger partial charge in [0.2, 0.25) is 0 Å². The topological polar surface area (TPSA) is 42.0 Å². The summed E-state index contributed by atoms with van der Waals surface area (Å²) in [5.74, 6) is 0.168. The van der Waals surface area contributed by atoms with Gasteiger partial charge in [0.05, 0.1) is 4.88 Å². The van der Waals surface area contributed by atoms with Crippen LogP contribution < -0.4 is 5.32 Å². The molecule has 0 bridgehead atoms. The van der Waals surface area contributed by atoms with Gasteiger partial charge in [0.1, 0.15) is 0 Å². The molecule has 0 aliphatic rings. The average Bonchev–Trinajstić information content (AvgIpc) is 2.52. The lowest BCUT2D eigenvalue weighted by Gasteiger charge is -1.94. The molecule has 1 N–H and O–H groups in total. The van der Waals surface area contributed by atoms with Crippen LogP contribution in [0.5, 0.6) is 0 Å². The molecule has 3 nitrogen and oxygen atoms in total. The van der Waals surface area contributed by atoms with Gasteiger partial charge in [-0.05, 0) is 24.6 Å². The number of hydrogen-bond acceptors (Lipinski definition) is 4. The van der Waals surface area contributed by atoms with E-state index in [9.17, 15) is 4.79 Å². The van der Waals surface area contributed by atoms with E-state index in [1.165, 1.54) is 11.5 Å². The van der Waals surface area contributed by atoms with Gasteiger partial charge < -0.3 is 5.32 Å². The third kappa shape index (κ3) is 2.40. The number of nitrogens with zero attached hydrogens (tertiary/aromatic N) is 1. The Morgan fingerprint density at radius 3 is 3.18 bits per heavy atom. The van der Waals surface area contributed by atoms with Crippen molar-refractivity contribution < 1.29 is 4.79 Å². The molecule has 0 radical (unpaired) electrons. The molecule has 0 aromatic carbocycles. The molecule has 0 spiro atoms. The second kappa shape index (κ2) is 4.20. The zero-order chi connectivity index (χ0) is 8.10. The molecule has 0 fully saturated rings. The van der Waals surface area contributed by atoms with Crippen molar-refractivity contribution >= 4 is 17.3 Å². The highest BCUT2D eigenvalue weighted by Gasteiger charge is 2.05. The largest absolute Gasteiger partial charge is 0.319 e. The van der Waals surface area contributed by atoms with Gasteiger partial charge in [0, 0.05) is 19.2 Å². The molecule has 0 saturated heterocycles. The normalized spacial score (nSPS) is 9.91. The molecule has 0 unspecified atom stereocenters. The van der Waals surface area contributed by atoms with Crippen LogP contribution in [-0.4, -0.2) is 23.7 Å². The summed E-state index contributed by atoms with van der Waals surface area (Å²) in [7, 11) is 1.83. The summed E-state index contributed by atoms with van der Waals surface area (Å²) in [5.41, 5.74) is 0. The molecular formula is C7H10N2OS. The van der Waals surface area contributed by atoms with E-state index in [0.717, 1.165) is 11.4 Å². The van der Waals surface area contributed by atoms with Crippen LogP contribution in [0, 0.1) is 0 Å². The van der Waals surface area contributed by atoms with Gasteiger partial charge in [0.25, 0.3) is 0 Å². The second-order valence-electron chi connectivity index (χ2n) is 2.15. The molecule has 60 valence electrons. The second-order valence-corrected chi connectivity index (χ2v) is 2.99. The Hall–Kier alpha value is -0.740. The maximum absolute atomic E-state index is 11.2. The van der Waals surface area contributed by atoms with Gasteiger partial charge in [-0.3, -0.25) is 4.79 Å². The number of aromatic nitrogens is 1. The number of carbonyl (C=O) groups is 1. The van der Waals surface area contributed by atoms with Crippen LogP contribution in [0.15, 0.2) is 12.3 Å². The van der Waals surface area contributed by atoms with Crippen LogP contribution in [0.25, 0.3) is 0 Å². The van der Waals surface area contributed by atoms with Crippen molar-refractivity contribution in [3.8, 4) is 0 Å². The van der Waals surface area contributed by atoms with Crippen LogP contribution in [-0.2, 0) is 0 Å². The first kappa shape index (κ1) is 8.36. The molecule has 11 heavy (non-hydrogen) atoms. The maximum Gasteiger partial charge on any atom is 0.175 e. The number of hydrogen-bond donors (Lipinski definition) is 1. The standard InChI is InChI=1S/C7H10N2OS/c1-8-4-2-6(10)7-3-5-9-11-7/h3,5,8H,2,4H2,1H3. The van der Waals surface area contributed by atoms with Gasteiger partial charge in [-0.1, -0.05) is 0 Å². The Kier molecular flexibility index (Phi) is 3.19. The van der Waals surface area contributed by atoms with Crippen LogP contribution in [0.3, 0.4) is 0 Å². The summed E-state index contributed by atoms with van der Waals surface area (Å²) >= 11 is 1.25. The summed E-state index contributed by atoms with van der Waals surface area (Å²) in [6.45, 7) is 0.733. The first-order valence-electron chi connectivity index (χ1n) is 3.43. The third-order valence-electron chi connectivity index (χ3n) is 1.31. The highest BCUT2D eigenvalue weighted by molar-refractivity contribution is 7.08. The van der Waals surface area contributed by atoms with E-state index >= 15 is 0 Å². The zero-order valence-corrected chi connectivity index (χ0v) is 7.15. The van der Waals surface area contributed by atoms with Crippen molar-refractivity contribution in [2.24, 2.45) is 0 Å². The number of Topliss-reactive ketones (excluding diaryl/α,β-unsaturated/α-hetero) is 1. The van der Waals surface area contributed by atoms with Gasteiger partial charge >= 0.3 is 0 Å². The molecule has 4 heteroatoms. The van der Waals surface area contributed by atoms with Gasteiger partial charge in [-0.15, -0.1) is 0 Å². The molecule has 0 amide bonds. The summed E-state index contributed by atoms with van der Waals surface area (Å²) in [6, 6.07) is 1.75. The lowest BCUT2D eigenvalue weighted by atomic mass is 10.2. The predicted octanol–water partition coefficient (Wildman–Crippen LogP) is 0.935. The predicted molar refractivity (Wildman–Crippen MR) is 45.0 cm³/mol. The Labute approximate surface area is 69.6 Å². The summed E-state index contributed by atoms with van der Waals surface area (Å²) < 4.78 is 3.85. The van der Waals surface area contributed by atoms with E-state index in [-0.39, 0.29) is 5.78 Å². The van der Waals surface area contributed by atoms with Crippen molar-refractivity contribution in [2.45, 2.75) is 6.42 Å². The molecule has 1 aromatic heterocycles. The Morgan fingerprint density at radius 1 is 1.82 bits per heavy atom. The lowest BCUT2D eigenvalue weighted by molar-refractivity contribution is 0.0987. The minimum Gasteiger partial charge on any atom is -0.319 e. The fourth-order valence-corrected chi connectivity index (χ4v) is 1.28. The highest BCUT2D eigenvalue weighted by atomic mass is 32.1. The molecule has 1 heterocycles. The van der Waals surface area contributed by atoms with Crippen molar-refractivity contribution in [3.05, 3.63) is 17.1 Å². The molecule has 0 atom stereocenters. The fourth-order valence-electron chi connectivity index (χ4n) is 0.721.